The predicted octanol–water partition coefficient (Wildman–Crippen LogP) is 15.9. The van der Waals surface area contributed by atoms with Crippen LogP contribution >= 0.6 is 0 Å². The quantitative estimate of drug-likeness (QED) is 0.0433. The van der Waals surface area contributed by atoms with Gasteiger partial charge in [-0.05, 0) is 71.9 Å². The average Bonchev–Trinajstić information content (AvgIpc) is 3.68. The van der Waals surface area contributed by atoms with Gasteiger partial charge in [-0.1, -0.05) is 213 Å². The van der Waals surface area contributed by atoms with E-state index in [9.17, 15) is 4.79 Å². The third-order valence-corrected chi connectivity index (χ3v) is 13.7. The fourth-order valence-electron chi connectivity index (χ4n) is 9.28. The van der Waals surface area contributed by atoms with E-state index in [4.69, 9.17) is 37.9 Å². The molecule has 418 valence electrons. The maximum Gasteiger partial charge on any atom is 0.320 e. The Bertz CT molecular complexity index is 1040. The lowest BCUT2D eigenvalue weighted by Crippen LogP contribution is -2.40. The Morgan fingerprint density at radius 1 is 0.357 bits per heavy atom. The van der Waals surface area contributed by atoms with Crippen LogP contribution in [-0.2, 0) is 42.7 Å². The predicted molar refractivity (Wildman–Crippen MR) is 293 cm³/mol. The Kier molecular flexibility index (Phi) is 52.2. The molecule has 0 aromatic rings. The zero-order valence-corrected chi connectivity index (χ0v) is 47.3. The van der Waals surface area contributed by atoms with Gasteiger partial charge in [-0.15, -0.1) is 0 Å². The van der Waals surface area contributed by atoms with Gasteiger partial charge in [0, 0.05) is 59.5 Å². The Labute approximate surface area is 434 Å². The van der Waals surface area contributed by atoms with Gasteiger partial charge in [0.25, 0.3) is 0 Å². The van der Waals surface area contributed by atoms with Crippen LogP contribution in [0.4, 0.5) is 0 Å². The molecule has 10 nitrogen and oxygen atoms in total. The topological polar surface area (TPSA) is 94.2 Å². The first-order chi connectivity index (χ1) is 34.5. The van der Waals surface area contributed by atoms with E-state index < -0.39 is 12.4 Å². The number of nitrogens with zero attached hydrogens (tertiary/aromatic N) is 1. The first-order valence-electron chi connectivity index (χ1n) is 30.6. The van der Waals surface area contributed by atoms with E-state index in [-0.39, 0.29) is 31.3 Å². The van der Waals surface area contributed by atoms with Crippen molar-refractivity contribution in [3.8, 4) is 0 Å². The Morgan fingerprint density at radius 2 is 0.629 bits per heavy atom. The van der Waals surface area contributed by atoms with Crippen LogP contribution in [-0.4, -0.2) is 122 Å². The molecule has 0 saturated carbocycles. The van der Waals surface area contributed by atoms with Crippen molar-refractivity contribution in [1.29, 1.82) is 0 Å². The maximum atomic E-state index is 12.7. The van der Waals surface area contributed by atoms with Crippen LogP contribution < -0.4 is 0 Å². The number of ether oxygens (including phenoxy) is 8. The summed E-state index contributed by atoms with van der Waals surface area (Å²) in [6.07, 6.45) is 46.8. The molecule has 0 N–H and O–H groups in total. The lowest BCUT2D eigenvalue weighted by atomic mass is 10.1. The maximum absolute atomic E-state index is 12.7. The SMILES string of the molecule is CCCCCCCCOCCCCCCCCCO[C@@H]1O[C@H](COC(=O)CN(C)C)[C@H](OCCCCCCCCCOCCCCCCCC)[C@@H]1OCCCCCCCCCOCCCCCCCC. The largest absolute Gasteiger partial charge is 0.462 e. The fourth-order valence-corrected chi connectivity index (χ4v) is 9.28. The van der Waals surface area contributed by atoms with Crippen LogP contribution in [0.25, 0.3) is 0 Å². The number of hydrogen-bond acceptors (Lipinski definition) is 10. The van der Waals surface area contributed by atoms with E-state index in [1.165, 1.54) is 205 Å². The number of carbonyl (C=O) groups excluding carboxylic acids is 1. The Morgan fingerprint density at radius 3 is 0.943 bits per heavy atom. The standard InChI is InChI=1S/C60H119NO9/c1-6-9-12-15-27-36-45-63-48-39-30-21-18-24-33-42-51-66-58-56(55-69-57(62)54-61(4)5)70-60(68-53-44-35-26-20-23-32-41-50-65-47-38-29-17-14-11-8-3)59(58)67-52-43-34-25-19-22-31-40-49-64-46-37-28-16-13-10-7-2/h56,58-60H,6-55H2,1-5H3/t56-,58+,59+,60-/m1/s1. The molecule has 0 aromatic carbocycles. The van der Waals surface area contributed by atoms with Crippen LogP contribution in [0.2, 0.25) is 0 Å². The Balaban J connectivity index is 2.54. The van der Waals surface area contributed by atoms with Gasteiger partial charge >= 0.3 is 5.97 Å². The first-order valence-corrected chi connectivity index (χ1v) is 30.6. The van der Waals surface area contributed by atoms with Crippen molar-refractivity contribution in [2.75, 3.05) is 86.7 Å². The second kappa shape index (κ2) is 54.4. The van der Waals surface area contributed by atoms with Crippen LogP contribution in [0.15, 0.2) is 0 Å². The van der Waals surface area contributed by atoms with Gasteiger partial charge in [-0.25, -0.2) is 0 Å². The molecule has 1 aliphatic rings. The minimum absolute atomic E-state index is 0.133. The van der Waals surface area contributed by atoms with E-state index >= 15 is 0 Å². The highest BCUT2D eigenvalue weighted by Crippen LogP contribution is 2.29. The van der Waals surface area contributed by atoms with Gasteiger partial charge in [-0.3, -0.25) is 9.69 Å². The minimum Gasteiger partial charge on any atom is -0.462 e. The van der Waals surface area contributed by atoms with Crippen LogP contribution in [0, 0.1) is 0 Å². The summed E-state index contributed by atoms with van der Waals surface area (Å²) < 4.78 is 49.7. The Hall–Kier alpha value is -0.850. The third-order valence-electron chi connectivity index (χ3n) is 13.7. The molecular formula is C60H119NO9. The monoisotopic (exact) mass is 998 g/mol. The molecule has 0 radical (unpaired) electrons. The number of carbonyl (C=O) groups is 1. The first kappa shape index (κ1) is 67.2. The number of unbranched alkanes of at least 4 members (excludes halogenated alkanes) is 33. The molecule has 0 amide bonds. The summed E-state index contributed by atoms with van der Waals surface area (Å²) in [6.45, 7) is 14.5. The van der Waals surface area contributed by atoms with Crippen molar-refractivity contribution in [3.05, 3.63) is 0 Å². The summed E-state index contributed by atoms with van der Waals surface area (Å²) in [4.78, 5) is 14.5. The molecule has 0 bridgehead atoms. The summed E-state index contributed by atoms with van der Waals surface area (Å²) in [7, 11) is 3.75. The highest BCUT2D eigenvalue weighted by Gasteiger charge is 2.47. The normalized spacial score (nSPS) is 17.1. The molecule has 70 heavy (non-hydrogen) atoms. The summed E-state index contributed by atoms with van der Waals surface area (Å²) in [5.74, 6) is -0.264. The molecule has 4 atom stereocenters. The van der Waals surface area contributed by atoms with E-state index in [2.05, 4.69) is 20.8 Å². The smallest absolute Gasteiger partial charge is 0.320 e. The minimum atomic E-state index is -0.544. The molecule has 1 saturated heterocycles. The van der Waals surface area contributed by atoms with Gasteiger partial charge in [0.1, 0.15) is 24.9 Å². The molecule has 1 heterocycles. The molecule has 1 aliphatic heterocycles. The molecule has 0 unspecified atom stereocenters. The van der Waals surface area contributed by atoms with Gasteiger partial charge in [0.15, 0.2) is 6.29 Å². The summed E-state index contributed by atoms with van der Waals surface area (Å²) >= 11 is 0. The summed E-state index contributed by atoms with van der Waals surface area (Å²) in [6, 6.07) is 0. The zero-order chi connectivity index (χ0) is 50.5. The lowest BCUT2D eigenvalue weighted by molar-refractivity contribution is -0.184. The molecular weight excluding hydrogens is 879 g/mol. The number of hydrogen-bond donors (Lipinski definition) is 0. The van der Waals surface area contributed by atoms with E-state index in [1.54, 1.807) is 0 Å². The summed E-state index contributed by atoms with van der Waals surface area (Å²) in [5.41, 5.74) is 0. The average molecular weight is 999 g/mol. The number of likely N-dealkylation sites (N-methyl/N-ethyl adjacent to an activating group) is 1. The van der Waals surface area contributed by atoms with Crippen molar-refractivity contribution in [3.63, 3.8) is 0 Å². The highest BCUT2D eigenvalue weighted by molar-refractivity contribution is 5.71. The molecule has 0 aromatic heterocycles. The molecule has 0 spiro atoms. The molecule has 10 heteroatoms. The highest BCUT2D eigenvalue weighted by atomic mass is 16.7. The van der Waals surface area contributed by atoms with Crippen molar-refractivity contribution < 1.29 is 42.7 Å². The van der Waals surface area contributed by atoms with Crippen molar-refractivity contribution in [2.24, 2.45) is 0 Å². The van der Waals surface area contributed by atoms with Crippen molar-refractivity contribution in [2.45, 2.75) is 296 Å². The number of esters is 1. The second-order valence-corrected chi connectivity index (χ2v) is 21.1. The molecule has 1 rings (SSSR count). The van der Waals surface area contributed by atoms with Gasteiger partial charge in [-0.2, -0.15) is 0 Å². The number of rotatable bonds is 58. The van der Waals surface area contributed by atoms with Gasteiger partial charge in [0.2, 0.25) is 0 Å². The van der Waals surface area contributed by atoms with E-state index in [1.807, 2.05) is 19.0 Å². The lowest BCUT2D eigenvalue weighted by Gasteiger charge is -2.25. The molecule has 1 fully saturated rings. The molecule has 0 aliphatic carbocycles. The van der Waals surface area contributed by atoms with Crippen molar-refractivity contribution >= 4 is 5.97 Å². The van der Waals surface area contributed by atoms with Gasteiger partial charge in [0.05, 0.1) is 6.54 Å². The van der Waals surface area contributed by atoms with Gasteiger partial charge < -0.3 is 37.9 Å². The van der Waals surface area contributed by atoms with Crippen LogP contribution in [0.5, 0.6) is 0 Å². The summed E-state index contributed by atoms with van der Waals surface area (Å²) in [5, 5.41) is 0. The van der Waals surface area contributed by atoms with E-state index in [0.29, 0.717) is 19.8 Å². The fraction of sp³-hybridized carbons (Fsp3) is 0.983. The van der Waals surface area contributed by atoms with Crippen LogP contribution in [0.3, 0.4) is 0 Å². The zero-order valence-electron chi connectivity index (χ0n) is 47.3. The van der Waals surface area contributed by atoms with Crippen molar-refractivity contribution in [1.82, 2.24) is 4.90 Å². The second-order valence-electron chi connectivity index (χ2n) is 21.1. The third kappa shape index (κ3) is 44.6. The van der Waals surface area contributed by atoms with E-state index in [0.717, 1.165) is 84.6 Å². The van der Waals surface area contributed by atoms with Crippen LogP contribution in [0.1, 0.15) is 271 Å².